The smallest absolute Gasteiger partial charge is 0.416 e. The van der Waals surface area contributed by atoms with Gasteiger partial charge in [0, 0.05) is 12.1 Å². The van der Waals surface area contributed by atoms with Gasteiger partial charge in [-0.2, -0.15) is 13.2 Å². The first-order chi connectivity index (χ1) is 13.1. The van der Waals surface area contributed by atoms with E-state index in [4.69, 9.17) is 4.74 Å². The lowest BCUT2D eigenvalue weighted by Gasteiger charge is -2.16. The Hall–Kier alpha value is -2.85. The van der Waals surface area contributed by atoms with E-state index in [0.29, 0.717) is 12.1 Å². The molecule has 1 aromatic rings. The lowest BCUT2D eigenvalue weighted by atomic mass is 10.1. The largest absolute Gasteiger partial charge is 0.454 e. The number of halogens is 3. The summed E-state index contributed by atoms with van der Waals surface area (Å²) in [4.78, 5) is 33.8. The van der Waals surface area contributed by atoms with E-state index < -0.39 is 46.9 Å². The monoisotopic (exact) mass is 403 g/mol. The van der Waals surface area contributed by atoms with Crippen LogP contribution >= 0.6 is 0 Å². The third-order valence-corrected chi connectivity index (χ3v) is 4.31. The van der Waals surface area contributed by atoms with Crippen LogP contribution in [0, 0.1) is 10.1 Å². The Morgan fingerprint density at radius 1 is 1.32 bits per heavy atom. The lowest BCUT2D eigenvalue weighted by molar-refractivity contribution is -0.384. The van der Waals surface area contributed by atoms with Crippen LogP contribution < -0.4 is 10.6 Å². The maximum atomic E-state index is 12.7. The first-order valence-corrected chi connectivity index (χ1v) is 8.66. The van der Waals surface area contributed by atoms with Gasteiger partial charge in [-0.1, -0.05) is 12.8 Å². The Labute approximate surface area is 158 Å². The quantitative estimate of drug-likeness (QED) is 0.411. The molecular formula is C17H20F3N3O5. The Morgan fingerprint density at radius 3 is 2.54 bits per heavy atom. The number of benzene rings is 1. The van der Waals surface area contributed by atoms with Crippen LogP contribution in [0.4, 0.5) is 24.5 Å². The predicted octanol–water partition coefficient (Wildman–Crippen LogP) is 3.02. The van der Waals surface area contributed by atoms with Crippen molar-refractivity contribution in [3.8, 4) is 0 Å². The number of nitro groups is 1. The third-order valence-electron chi connectivity index (χ3n) is 4.31. The van der Waals surface area contributed by atoms with Crippen molar-refractivity contribution in [3.63, 3.8) is 0 Å². The normalized spacial score (nSPS) is 15.7. The highest BCUT2D eigenvalue weighted by atomic mass is 19.4. The fourth-order valence-electron chi connectivity index (χ4n) is 2.87. The molecule has 1 amide bonds. The SMILES string of the molecule is C[C@@H](Nc1ccc(C(F)(F)F)cc1[N+](=O)[O-])C(=O)OCC(=O)NC1CCCC1. The minimum absolute atomic E-state index is 0.0662. The predicted molar refractivity (Wildman–Crippen MR) is 92.5 cm³/mol. The second-order valence-electron chi connectivity index (χ2n) is 6.51. The van der Waals surface area contributed by atoms with Crippen molar-refractivity contribution < 1.29 is 32.4 Å². The average Bonchev–Trinajstić information content (AvgIpc) is 3.11. The Bertz CT molecular complexity index is 748. The number of nitrogens with zero attached hydrogens (tertiary/aromatic N) is 1. The summed E-state index contributed by atoms with van der Waals surface area (Å²) in [6.45, 7) is 0.815. The number of anilines is 1. The van der Waals surface area contributed by atoms with Gasteiger partial charge in [-0.05, 0) is 31.9 Å². The molecule has 1 aliphatic rings. The van der Waals surface area contributed by atoms with Crippen LogP contribution in [-0.2, 0) is 20.5 Å². The summed E-state index contributed by atoms with van der Waals surface area (Å²) in [6.07, 6.45) is -0.944. The van der Waals surface area contributed by atoms with Gasteiger partial charge in [0.05, 0.1) is 10.5 Å². The van der Waals surface area contributed by atoms with E-state index in [1.807, 2.05) is 0 Å². The molecule has 1 atom stereocenters. The molecule has 0 saturated heterocycles. The average molecular weight is 403 g/mol. The highest BCUT2D eigenvalue weighted by Crippen LogP contribution is 2.35. The second kappa shape index (κ2) is 8.89. The maximum absolute atomic E-state index is 12.7. The summed E-state index contributed by atoms with van der Waals surface area (Å²) in [6, 6.07) is 0.876. The molecule has 0 spiro atoms. The molecule has 0 aliphatic heterocycles. The maximum Gasteiger partial charge on any atom is 0.416 e. The summed E-state index contributed by atoms with van der Waals surface area (Å²) >= 11 is 0. The van der Waals surface area contributed by atoms with Crippen molar-refractivity contribution in [1.82, 2.24) is 5.32 Å². The molecule has 1 saturated carbocycles. The molecule has 2 rings (SSSR count). The molecule has 0 aromatic heterocycles. The molecule has 0 heterocycles. The van der Waals surface area contributed by atoms with E-state index in [-0.39, 0.29) is 11.7 Å². The van der Waals surface area contributed by atoms with E-state index in [2.05, 4.69) is 10.6 Å². The number of hydrogen-bond donors (Lipinski definition) is 2. The number of carbonyl (C=O) groups excluding carboxylic acids is 2. The number of rotatable bonds is 7. The zero-order chi connectivity index (χ0) is 20.9. The van der Waals surface area contributed by atoms with Gasteiger partial charge >= 0.3 is 12.1 Å². The number of ether oxygens (including phenoxy) is 1. The fourth-order valence-corrected chi connectivity index (χ4v) is 2.87. The number of amides is 1. The van der Waals surface area contributed by atoms with Gasteiger partial charge in [0.15, 0.2) is 6.61 Å². The van der Waals surface area contributed by atoms with E-state index in [9.17, 15) is 32.9 Å². The number of nitro benzene ring substituents is 1. The highest BCUT2D eigenvalue weighted by molar-refractivity contribution is 5.84. The molecular weight excluding hydrogens is 383 g/mol. The molecule has 11 heteroatoms. The molecule has 28 heavy (non-hydrogen) atoms. The van der Waals surface area contributed by atoms with Crippen molar-refractivity contribution in [2.75, 3.05) is 11.9 Å². The van der Waals surface area contributed by atoms with Crippen LogP contribution in [0.1, 0.15) is 38.2 Å². The van der Waals surface area contributed by atoms with Gasteiger partial charge in [0.2, 0.25) is 0 Å². The van der Waals surface area contributed by atoms with Gasteiger partial charge in [-0.25, -0.2) is 4.79 Å². The van der Waals surface area contributed by atoms with Crippen LogP contribution in [-0.4, -0.2) is 35.5 Å². The molecule has 0 bridgehead atoms. The standard InChI is InChI=1S/C17H20F3N3O5/c1-10(16(25)28-9-15(24)22-12-4-2-3-5-12)21-13-7-6-11(17(18,19)20)8-14(13)23(26)27/h6-8,10,12,21H,2-5,9H2,1H3,(H,22,24)/t10-/m1/s1. The van der Waals surface area contributed by atoms with Gasteiger partial charge in [0.1, 0.15) is 11.7 Å². The zero-order valence-electron chi connectivity index (χ0n) is 15.0. The minimum atomic E-state index is -4.74. The van der Waals surface area contributed by atoms with Gasteiger partial charge in [0.25, 0.3) is 11.6 Å². The van der Waals surface area contributed by atoms with Crippen molar-refractivity contribution >= 4 is 23.3 Å². The van der Waals surface area contributed by atoms with Crippen LogP contribution in [0.5, 0.6) is 0 Å². The number of alkyl halides is 3. The number of carbonyl (C=O) groups is 2. The summed E-state index contributed by atoms with van der Waals surface area (Å²) in [5, 5.41) is 16.2. The summed E-state index contributed by atoms with van der Waals surface area (Å²) in [5.41, 5.74) is -2.27. The van der Waals surface area contributed by atoms with E-state index in [0.717, 1.165) is 31.7 Å². The van der Waals surface area contributed by atoms with E-state index in [1.54, 1.807) is 0 Å². The van der Waals surface area contributed by atoms with E-state index >= 15 is 0 Å². The van der Waals surface area contributed by atoms with Crippen LogP contribution in [0.2, 0.25) is 0 Å². The third kappa shape index (κ3) is 5.83. The van der Waals surface area contributed by atoms with Gasteiger partial charge in [-0.3, -0.25) is 14.9 Å². The van der Waals surface area contributed by atoms with Crippen LogP contribution in [0.15, 0.2) is 18.2 Å². The van der Waals surface area contributed by atoms with Crippen molar-refractivity contribution in [3.05, 3.63) is 33.9 Å². The van der Waals surface area contributed by atoms with Crippen molar-refractivity contribution in [2.24, 2.45) is 0 Å². The summed E-state index contributed by atoms with van der Waals surface area (Å²) in [5.74, 6) is -1.32. The summed E-state index contributed by atoms with van der Waals surface area (Å²) < 4.78 is 43.0. The van der Waals surface area contributed by atoms with Crippen LogP contribution in [0.3, 0.4) is 0 Å². The minimum Gasteiger partial charge on any atom is -0.454 e. The number of esters is 1. The Balaban J connectivity index is 1.95. The van der Waals surface area contributed by atoms with Gasteiger partial charge < -0.3 is 15.4 Å². The first-order valence-electron chi connectivity index (χ1n) is 8.66. The fraction of sp³-hybridized carbons (Fsp3) is 0.529. The van der Waals surface area contributed by atoms with Crippen molar-refractivity contribution in [2.45, 2.75) is 50.9 Å². The molecule has 8 nitrogen and oxygen atoms in total. The Kier molecular flexibility index (Phi) is 6.81. The molecule has 0 unspecified atom stereocenters. The molecule has 1 fully saturated rings. The molecule has 1 aromatic carbocycles. The number of nitrogens with one attached hydrogen (secondary N) is 2. The Morgan fingerprint density at radius 2 is 1.96 bits per heavy atom. The molecule has 0 radical (unpaired) electrons. The summed E-state index contributed by atoms with van der Waals surface area (Å²) in [7, 11) is 0. The molecule has 154 valence electrons. The molecule has 1 aliphatic carbocycles. The molecule has 2 N–H and O–H groups in total. The second-order valence-corrected chi connectivity index (χ2v) is 6.51. The lowest BCUT2D eigenvalue weighted by Crippen LogP contribution is -2.37. The van der Waals surface area contributed by atoms with Crippen molar-refractivity contribution in [1.29, 1.82) is 0 Å². The topological polar surface area (TPSA) is 111 Å². The number of hydrogen-bond acceptors (Lipinski definition) is 6. The highest BCUT2D eigenvalue weighted by Gasteiger charge is 2.33. The van der Waals surface area contributed by atoms with Crippen LogP contribution in [0.25, 0.3) is 0 Å². The first kappa shape index (κ1) is 21.5. The van der Waals surface area contributed by atoms with E-state index in [1.165, 1.54) is 6.92 Å². The zero-order valence-corrected chi connectivity index (χ0v) is 15.0. The van der Waals surface area contributed by atoms with Gasteiger partial charge in [-0.15, -0.1) is 0 Å².